The number of para-hydroxylation sites is 1. The van der Waals surface area contributed by atoms with Crippen LogP contribution in [0.25, 0.3) is 0 Å². The van der Waals surface area contributed by atoms with Crippen molar-refractivity contribution in [1.29, 1.82) is 0 Å². The molecule has 0 bridgehead atoms. The molecule has 148 valence electrons. The largest absolute Gasteiger partial charge is 0.385 e. The molecule has 1 fully saturated rings. The van der Waals surface area contributed by atoms with Crippen LogP contribution in [0.15, 0.2) is 38.4 Å². The average molecular weight is 417 g/mol. The van der Waals surface area contributed by atoms with Crippen molar-refractivity contribution >= 4 is 40.4 Å². The first-order chi connectivity index (χ1) is 13.6. The third kappa shape index (κ3) is 3.87. The summed E-state index contributed by atoms with van der Waals surface area (Å²) in [7, 11) is 3.91. The van der Waals surface area contributed by atoms with E-state index in [4.69, 9.17) is 14.7 Å². The molecule has 0 aliphatic carbocycles. The number of hydrogen-bond acceptors (Lipinski definition) is 8. The van der Waals surface area contributed by atoms with Gasteiger partial charge < -0.3 is 9.64 Å². The van der Waals surface area contributed by atoms with E-state index in [1.807, 2.05) is 18.2 Å². The molecule has 2 aliphatic heterocycles. The summed E-state index contributed by atoms with van der Waals surface area (Å²) in [5, 5.41) is 0.551. The molecule has 28 heavy (non-hydrogen) atoms. The van der Waals surface area contributed by atoms with Gasteiger partial charge >= 0.3 is 0 Å². The van der Waals surface area contributed by atoms with Crippen LogP contribution in [-0.2, 0) is 4.74 Å². The Morgan fingerprint density at radius 2 is 2.14 bits per heavy atom. The van der Waals surface area contributed by atoms with Crippen LogP contribution in [0.2, 0.25) is 0 Å². The van der Waals surface area contributed by atoms with Gasteiger partial charge in [-0.1, -0.05) is 23.9 Å². The summed E-state index contributed by atoms with van der Waals surface area (Å²) >= 11 is 3.12. The molecular formula is C20H24N4O2S2. The molecule has 6 nitrogen and oxygen atoms in total. The number of nitrogens with zero attached hydrogens (tertiary/aromatic N) is 4. The predicted octanol–water partition coefficient (Wildman–Crippen LogP) is 3.54. The molecule has 0 saturated carbocycles. The van der Waals surface area contributed by atoms with Crippen molar-refractivity contribution in [2.75, 3.05) is 40.4 Å². The molecule has 2 aromatic rings. The van der Waals surface area contributed by atoms with Crippen molar-refractivity contribution in [2.45, 2.75) is 28.5 Å². The number of ketones is 1. The van der Waals surface area contributed by atoms with E-state index < -0.39 is 0 Å². The summed E-state index contributed by atoms with van der Waals surface area (Å²) in [5.74, 6) is 0.884. The van der Waals surface area contributed by atoms with Crippen LogP contribution in [-0.4, -0.2) is 72.8 Å². The smallest absolute Gasteiger partial charge is 0.188 e. The van der Waals surface area contributed by atoms with Gasteiger partial charge in [-0.15, -0.1) is 11.3 Å². The van der Waals surface area contributed by atoms with Crippen LogP contribution in [0.3, 0.4) is 0 Å². The van der Waals surface area contributed by atoms with Crippen molar-refractivity contribution in [3.63, 3.8) is 0 Å². The van der Waals surface area contributed by atoms with Gasteiger partial charge in [0.1, 0.15) is 5.69 Å². The maximum absolute atomic E-state index is 12.0. The first-order valence-corrected chi connectivity index (χ1v) is 11.0. The molecule has 4 rings (SSSR count). The van der Waals surface area contributed by atoms with E-state index in [1.165, 1.54) is 11.3 Å². The van der Waals surface area contributed by atoms with Gasteiger partial charge in [0, 0.05) is 51.2 Å². The minimum absolute atomic E-state index is 0.00246. The number of carbonyl (C=O) groups excluding carboxylic acids is 1. The molecule has 0 amide bonds. The summed E-state index contributed by atoms with van der Waals surface area (Å²) in [6.45, 7) is 5.03. The van der Waals surface area contributed by atoms with E-state index in [0.29, 0.717) is 11.0 Å². The first-order valence-electron chi connectivity index (χ1n) is 9.38. The highest BCUT2D eigenvalue weighted by atomic mass is 32.2. The fraction of sp³-hybridized carbons (Fsp3) is 0.450. The number of carbonyl (C=O) groups is 1. The van der Waals surface area contributed by atoms with Crippen LogP contribution < -0.4 is 0 Å². The number of amidine groups is 1. The van der Waals surface area contributed by atoms with Crippen LogP contribution in [0.4, 0.5) is 5.69 Å². The number of methoxy groups -OCH3 is 1. The summed E-state index contributed by atoms with van der Waals surface area (Å²) in [6, 6.07) is 8.56. The summed E-state index contributed by atoms with van der Waals surface area (Å²) < 4.78 is 6.34. The number of benzene rings is 1. The third-order valence-electron chi connectivity index (χ3n) is 5.14. The Hall–Kier alpha value is -1.74. The highest BCUT2D eigenvalue weighted by molar-refractivity contribution is 8.01. The number of aromatic nitrogens is 1. The van der Waals surface area contributed by atoms with Gasteiger partial charge in [-0.3, -0.25) is 9.69 Å². The van der Waals surface area contributed by atoms with Crippen LogP contribution in [0, 0.1) is 0 Å². The Morgan fingerprint density at radius 1 is 1.32 bits per heavy atom. The molecule has 1 unspecified atom stereocenters. The van der Waals surface area contributed by atoms with Crippen molar-refractivity contribution in [3.8, 4) is 0 Å². The van der Waals surface area contributed by atoms with Gasteiger partial charge in [-0.05, 0) is 25.6 Å². The minimum atomic E-state index is 0.00246. The molecule has 3 heterocycles. The van der Waals surface area contributed by atoms with Gasteiger partial charge in [-0.2, -0.15) is 0 Å². The zero-order valence-corrected chi connectivity index (χ0v) is 18.0. The third-order valence-corrected chi connectivity index (χ3v) is 7.53. The lowest BCUT2D eigenvalue weighted by atomic mass is 10.1. The standard InChI is InChI=1S/C20H24N4O2S2/c1-13(25)19-22-17-18(24-10-9-23(2)14(12-24)8-11-26-3)21-15-6-4-5-7-16(15)27-20(17)28-19/h4-7,14H,8-12H2,1-3H3. The van der Waals surface area contributed by atoms with Crippen molar-refractivity contribution in [3.05, 3.63) is 35.0 Å². The molecule has 1 saturated heterocycles. The lowest BCUT2D eigenvalue weighted by Crippen LogP contribution is -2.53. The van der Waals surface area contributed by atoms with Crippen molar-refractivity contribution in [2.24, 2.45) is 4.99 Å². The second-order valence-corrected chi connectivity index (χ2v) is 9.39. The van der Waals surface area contributed by atoms with E-state index in [2.05, 4.69) is 22.9 Å². The number of thiazole rings is 1. The van der Waals surface area contributed by atoms with Crippen molar-refractivity contribution < 1.29 is 9.53 Å². The lowest BCUT2D eigenvalue weighted by molar-refractivity contribution is 0.0999. The SMILES string of the molecule is COCCC1CN(C2=Nc3ccccc3Sc3sc(C(C)=O)nc32)CCN1C. The number of hydrogen-bond donors (Lipinski definition) is 0. The molecule has 1 aromatic heterocycles. The normalized spacial score (nSPS) is 19.6. The zero-order valence-electron chi connectivity index (χ0n) is 16.3. The number of rotatable bonds is 4. The van der Waals surface area contributed by atoms with Crippen molar-refractivity contribution in [1.82, 2.24) is 14.8 Å². The van der Waals surface area contributed by atoms with Gasteiger partial charge in [0.2, 0.25) is 0 Å². The summed E-state index contributed by atoms with van der Waals surface area (Å²) in [5.41, 5.74) is 1.80. The number of likely N-dealkylation sites (N-methyl/N-ethyl adjacent to an activating group) is 1. The molecule has 0 N–H and O–H groups in total. The van der Waals surface area contributed by atoms with Gasteiger partial charge in [0.05, 0.1) is 9.90 Å². The number of ether oxygens (including phenoxy) is 1. The van der Waals surface area contributed by atoms with Crippen LogP contribution in [0.1, 0.15) is 28.8 Å². The van der Waals surface area contributed by atoms with E-state index >= 15 is 0 Å². The maximum atomic E-state index is 12.0. The Morgan fingerprint density at radius 3 is 2.93 bits per heavy atom. The average Bonchev–Trinajstić information content (AvgIpc) is 3.04. The van der Waals surface area contributed by atoms with E-state index in [0.717, 1.165) is 59.0 Å². The second-order valence-electron chi connectivity index (χ2n) is 7.08. The lowest BCUT2D eigenvalue weighted by Gasteiger charge is -2.40. The van der Waals surface area contributed by atoms with Gasteiger partial charge in [-0.25, -0.2) is 9.98 Å². The fourth-order valence-corrected chi connectivity index (χ4v) is 5.66. The summed E-state index contributed by atoms with van der Waals surface area (Å²) in [6.07, 6.45) is 0.977. The monoisotopic (exact) mass is 416 g/mol. The number of fused-ring (bicyclic) bond motifs is 2. The highest BCUT2D eigenvalue weighted by Crippen LogP contribution is 2.43. The van der Waals surface area contributed by atoms with Gasteiger partial charge in [0.15, 0.2) is 16.6 Å². The fourth-order valence-electron chi connectivity index (χ4n) is 3.49. The maximum Gasteiger partial charge on any atom is 0.188 e. The Labute approximate surface area is 173 Å². The Bertz CT molecular complexity index is 911. The molecule has 8 heteroatoms. The van der Waals surface area contributed by atoms with Gasteiger partial charge in [0.25, 0.3) is 0 Å². The topological polar surface area (TPSA) is 58.0 Å². The Balaban J connectivity index is 1.73. The Kier molecular flexibility index (Phi) is 5.82. The number of piperazine rings is 1. The second kappa shape index (κ2) is 8.32. The number of Topliss-reactive ketones (excluding diaryl/α,β-unsaturated/α-hetero) is 1. The molecule has 0 spiro atoms. The highest BCUT2D eigenvalue weighted by Gasteiger charge is 2.31. The quantitative estimate of drug-likeness (QED) is 0.711. The first kappa shape index (κ1) is 19.6. The summed E-state index contributed by atoms with van der Waals surface area (Å²) in [4.78, 5) is 27.5. The zero-order chi connectivity index (χ0) is 19.7. The molecule has 1 aromatic carbocycles. The molecule has 0 radical (unpaired) electrons. The number of aliphatic imine (C=N–C) groups is 1. The van der Waals surface area contributed by atoms with E-state index in [-0.39, 0.29) is 5.78 Å². The molecular weight excluding hydrogens is 392 g/mol. The van der Waals surface area contributed by atoms with E-state index in [1.54, 1.807) is 25.8 Å². The predicted molar refractivity (Wildman–Crippen MR) is 113 cm³/mol. The minimum Gasteiger partial charge on any atom is -0.385 e. The van der Waals surface area contributed by atoms with E-state index in [9.17, 15) is 4.79 Å². The van der Waals surface area contributed by atoms with Crippen LogP contribution in [0.5, 0.6) is 0 Å². The molecule has 1 atom stereocenters. The van der Waals surface area contributed by atoms with Crippen LogP contribution >= 0.6 is 23.1 Å². The molecule has 2 aliphatic rings.